The van der Waals surface area contributed by atoms with Gasteiger partial charge in [0.1, 0.15) is 6.04 Å². The van der Waals surface area contributed by atoms with Gasteiger partial charge in [-0.15, -0.1) is 0 Å². The van der Waals surface area contributed by atoms with Crippen molar-refractivity contribution in [1.29, 1.82) is 0 Å². The molecule has 0 saturated carbocycles. The Morgan fingerprint density at radius 2 is 1.82 bits per heavy atom. The Bertz CT molecular complexity index is 664. The second-order valence-electron chi connectivity index (χ2n) is 4.51. The van der Waals surface area contributed by atoms with Gasteiger partial charge in [-0.2, -0.15) is 0 Å². The third-order valence-electron chi connectivity index (χ3n) is 2.97. The lowest BCUT2D eigenvalue weighted by atomic mass is 10.0. The first-order valence-corrected chi connectivity index (χ1v) is 7.32. The van der Waals surface area contributed by atoms with Crippen LogP contribution < -0.4 is 4.72 Å². The predicted molar refractivity (Wildman–Crippen MR) is 83.7 cm³/mol. The number of nitrogens with one attached hydrogen (secondary N) is 1. The van der Waals surface area contributed by atoms with Crippen molar-refractivity contribution in [2.75, 3.05) is 0 Å². The number of nitrogens with zero attached hydrogens (tertiary/aromatic N) is 1. The summed E-state index contributed by atoms with van der Waals surface area (Å²) >= 11 is 1.19. The van der Waals surface area contributed by atoms with Gasteiger partial charge in [0.25, 0.3) is 5.69 Å². The second kappa shape index (κ2) is 7.58. The number of nitro groups is 1. The Morgan fingerprint density at radius 1 is 1.18 bits per heavy atom. The van der Waals surface area contributed by atoms with Crippen molar-refractivity contribution < 1.29 is 14.8 Å². The van der Waals surface area contributed by atoms with E-state index in [4.69, 9.17) is 0 Å². The first-order chi connectivity index (χ1) is 10.6. The van der Waals surface area contributed by atoms with Crippen molar-refractivity contribution >= 4 is 23.6 Å². The largest absolute Gasteiger partial charge is 0.480 e. The molecule has 0 aliphatic heterocycles. The van der Waals surface area contributed by atoms with Gasteiger partial charge in [0.05, 0.1) is 4.92 Å². The molecule has 0 bridgehead atoms. The van der Waals surface area contributed by atoms with E-state index in [1.54, 1.807) is 18.2 Å². The maximum absolute atomic E-state index is 11.4. The predicted octanol–water partition coefficient (Wildman–Crippen LogP) is 2.89. The molecule has 2 aromatic carbocycles. The third-order valence-corrected chi connectivity index (χ3v) is 3.88. The summed E-state index contributed by atoms with van der Waals surface area (Å²) in [7, 11) is 0. The quantitative estimate of drug-likeness (QED) is 0.463. The Labute approximate surface area is 131 Å². The lowest BCUT2D eigenvalue weighted by Gasteiger charge is -2.13. The first-order valence-electron chi connectivity index (χ1n) is 6.50. The zero-order chi connectivity index (χ0) is 15.9. The number of carboxylic acid groups (broad SMARTS) is 1. The molecule has 1 atom stereocenters. The summed E-state index contributed by atoms with van der Waals surface area (Å²) in [4.78, 5) is 22.7. The van der Waals surface area contributed by atoms with E-state index >= 15 is 0 Å². The van der Waals surface area contributed by atoms with Crippen molar-refractivity contribution in [3.63, 3.8) is 0 Å². The summed E-state index contributed by atoms with van der Waals surface area (Å²) in [6, 6.07) is 14.5. The molecule has 0 amide bonds. The van der Waals surface area contributed by atoms with E-state index in [2.05, 4.69) is 4.72 Å². The minimum Gasteiger partial charge on any atom is -0.480 e. The molecule has 0 fully saturated rings. The molecule has 0 heterocycles. The SMILES string of the molecule is O=C(O)[C@H](Cc1ccccc1[N+](=O)[O-])NSc1ccccc1. The fraction of sp³-hybridized carbons (Fsp3) is 0.133. The zero-order valence-electron chi connectivity index (χ0n) is 11.5. The topological polar surface area (TPSA) is 92.5 Å². The number of hydrogen-bond donors (Lipinski definition) is 2. The van der Waals surface area contributed by atoms with Gasteiger partial charge in [0.15, 0.2) is 0 Å². The number of carboxylic acids is 1. The van der Waals surface area contributed by atoms with Crippen LogP contribution in [0.1, 0.15) is 5.56 Å². The molecule has 2 rings (SSSR count). The smallest absolute Gasteiger partial charge is 0.321 e. The molecule has 0 saturated heterocycles. The number of aliphatic carboxylic acids is 1. The zero-order valence-corrected chi connectivity index (χ0v) is 12.3. The van der Waals surface area contributed by atoms with Crippen molar-refractivity contribution in [1.82, 2.24) is 4.72 Å². The molecule has 0 aliphatic rings. The molecule has 114 valence electrons. The third kappa shape index (κ3) is 4.31. The maximum Gasteiger partial charge on any atom is 0.321 e. The number of nitro benzene ring substituents is 1. The molecule has 0 radical (unpaired) electrons. The van der Waals surface area contributed by atoms with Crippen molar-refractivity contribution in [2.45, 2.75) is 17.4 Å². The molecule has 0 unspecified atom stereocenters. The van der Waals surface area contributed by atoms with Gasteiger partial charge in [0.2, 0.25) is 0 Å². The van der Waals surface area contributed by atoms with Gasteiger partial charge in [0, 0.05) is 22.9 Å². The summed E-state index contributed by atoms with van der Waals surface area (Å²) in [5.74, 6) is -1.05. The van der Waals surface area contributed by atoms with Crippen molar-refractivity contribution in [2.24, 2.45) is 0 Å². The number of hydrogen-bond acceptors (Lipinski definition) is 5. The summed E-state index contributed by atoms with van der Waals surface area (Å²) < 4.78 is 2.84. The molecule has 2 aromatic rings. The van der Waals surface area contributed by atoms with Crippen LogP contribution in [-0.4, -0.2) is 22.0 Å². The van der Waals surface area contributed by atoms with E-state index in [1.165, 1.54) is 18.0 Å². The van der Waals surface area contributed by atoms with Crippen LogP contribution in [0.15, 0.2) is 59.5 Å². The van der Waals surface area contributed by atoms with Crippen LogP contribution in [0.2, 0.25) is 0 Å². The second-order valence-corrected chi connectivity index (χ2v) is 5.42. The number of para-hydroxylation sites is 1. The van der Waals surface area contributed by atoms with E-state index in [-0.39, 0.29) is 12.1 Å². The van der Waals surface area contributed by atoms with E-state index in [0.717, 1.165) is 4.90 Å². The molecule has 0 aromatic heterocycles. The van der Waals surface area contributed by atoms with Gasteiger partial charge in [-0.25, -0.2) is 4.72 Å². The van der Waals surface area contributed by atoms with Gasteiger partial charge in [-0.05, 0) is 24.1 Å². The highest BCUT2D eigenvalue weighted by Crippen LogP contribution is 2.21. The highest BCUT2D eigenvalue weighted by molar-refractivity contribution is 7.97. The maximum atomic E-state index is 11.4. The summed E-state index contributed by atoms with van der Waals surface area (Å²) in [5, 5.41) is 20.3. The Hall–Kier alpha value is -2.38. The average molecular weight is 318 g/mol. The number of rotatable bonds is 7. The van der Waals surface area contributed by atoms with Crippen molar-refractivity contribution in [3.8, 4) is 0 Å². The summed E-state index contributed by atoms with van der Waals surface area (Å²) in [5.41, 5.74) is 0.321. The van der Waals surface area contributed by atoms with Gasteiger partial charge >= 0.3 is 5.97 Å². The van der Waals surface area contributed by atoms with Gasteiger partial charge in [-0.3, -0.25) is 14.9 Å². The molecule has 6 nitrogen and oxygen atoms in total. The lowest BCUT2D eigenvalue weighted by Crippen LogP contribution is -2.34. The molecule has 0 aliphatic carbocycles. The van der Waals surface area contributed by atoms with E-state index in [9.17, 15) is 20.0 Å². The molecule has 22 heavy (non-hydrogen) atoms. The molecular formula is C15H14N2O4S. The van der Waals surface area contributed by atoms with Crippen LogP contribution >= 0.6 is 11.9 Å². The summed E-state index contributed by atoms with van der Waals surface area (Å²) in [6.07, 6.45) is 0.0340. The van der Waals surface area contributed by atoms with Crippen LogP contribution in [0, 0.1) is 10.1 Å². The van der Waals surface area contributed by atoms with Gasteiger partial charge < -0.3 is 5.11 Å². The van der Waals surface area contributed by atoms with Crippen LogP contribution in [0.3, 0.4) is 0 Å². The molecule has 0 spiro atoms. The van der Waals surface area contributed by atoms with Crippen LogP contribution in [0.25, 0.3) is 0 Å². The van der Waals surface area contributed by atoms with Crippen LogP contribution in [0.5, 0.6) is 0 Å². The highest BCUT2D eigenvalue weighted by atomic mass is 32.2. The average Bonchev–Trinajstić information content (AvgIpc) is 2.52. The monoisotopic (exact) mass is 318 g/mol. The van der Waals surface area contributed by atoms with E-state index in [1.807, 2.05) is 30.3 Å². The summed E-state index contributed by atoms with van der Waals surface area (Å²) in [6.45, 7) is 0. The number of carbonyl (C=O) groups is 1. The van der Waals surface area contributed by atoms with E-state index < -0.39 is 16.9 Å². The van der Waals surface area contributed by atoms with Crippen molar-refractivity contribution in [3.05, 3.63) is 70.3 Å². The van der Waals surface area contributed by atoms with Gasteiger partial charge in [-0.1, -0.05) is 36.4 Å². The van der Waals surface area contributed by atoms with E-state index in [0.29, 0.717) is 5.56 Å². The lowest BCUT2D eigenvalue weighted by molar-refractivity contribution is -0.385. The minimum atomic E-state index is -1.05. The standard InChI is InChI=1S/C15H14N2O4S/c18-15(19)13(16-22-12-7-2-1-3-8-12)10-11-6-4-5-9-14(11)17(20)21/h1-9,13,16H,10H2,(H,18,19)/t13-/m0/s1. The first kappa shape index (κ1) is 16.0. The fourth-order valence-electron chi connectivity index (χ4n) is 1.89. The normalized spacial score (nSPS) is 11.8. The molecular weight excluding hydrogens is 304 g/mol. The molecule has 7 heteroatoms. The Balaban J connectivity index is 2.09. The minimum absolute atomic E-state index is 0.0340. The number of benzene rings is 2. The Morgan fingerprint density at radius 3 is 2.45 bits per heavy atom. The molecule has 2 N–H and O–H groups in total. The Kier molecular flexibility index (Phi) is 5.51. The highest BCUT2D eigenvalue weighted by Gasteiger charge is 2.22. The van der Waals surface area contributed by atoms with Crippen LogP contribution in [-0.2, 0) is 11.2 Å². The fourth-order valence-corrected chi connectivity index (χ4v) is 2.64. The van der Waals surface area contributed by atoms with Crippen LogP contribution in [0.4, 0.5) is 5.69 Å².